The number of rotatable bonds is 4. The molecule has 3 aromatic rings. The largest absolute Gasteiger partial charge is 0.502 e. The van der Waals surface area contributed by atoms with Gasteiger partial charge in [-0.25, -0.2) is 9.97 Å². The molecule has 0 radical (unpaired) electrons. The molecule has 0 saturated heterocycles. The van der Waals surface area contributed by atoms with Crippen molar-refractivity contribution in [3.8, 4) is 17.2 Å². The van der Waals surface area contributed by atoms with Crippen molar-refractivity contribution in [3.05, 3.63) is 41.7 Å². The number of aryl methyl sites for hydroxylation is 2. The van der Waals surface area contributed by atoms with Gasteiger partial charge in [-0.2, -0.15) is 0 Å². The van der Waals surface area contributed by atoms with Gasteiger partial charge in [-0.1, -0.05) is 0 Å². The maximum atomic E-state index is 10.0. The van der Waals surface area contributed by atoms with Gasteiger partial charge in [0.05, 0.1) is 19.7 Å². The normalized spacial score (nSPS) is 9.85. The molecule has 1 heterocycles. The summed E-state index contributed by atoms with van der Waals surface area (Å²) in [7, 11) is 2.98. The highest BCUT2D eigenvalue weighted by Gasteiger charge is 2.13. The average Bonchev–Trinajstić information content (AvgIpc) is 2.58. The first-order valence-electron chi connectivity index (χ1n) is 7.47. The van der Waals surface area contributed by atoms with E-state index < -0.39 is 0 Å². The maximum absolute atomic E-state index is 10.0. The summed E-state index contributed by atoms with van der Waals surface area (Å²) in [5, 5.41) is 14.2. The second-order valence-electron chi connectivity index (χ2n) is 5.53. The van der Waals surface area contributed by atoms with E-state index in [1.54, 1.807) is 12.1 Å². The van der Waals surface area contributed by atoms with Gasteiger partial charge in [-0.15, -0.1) is 0 Å². The van der Waals surface area contributed by atoms with Crippen LogP contribution in [0.4, 0.5) is 11.5 Å². The van der Waals surface area contributed by atoms with Crippen LogP contribution >= 0.6 is 0 Å². The second-order valence-corrected chi connectivity index (χ2v) is 5.53. The van der Waals surface area contributed by atoms with E-state index >= 15 is 0 Å². The molecule has 26 heavy (non-hydrogen) atoms. The highest BCUT2D eigenvalue weighted by atomic mass is 16.5. The SMILES string of the molecule is COc1cc(Nc2ncnc3cc(C)c(C)cc23)cc(OC)c1O.O.O. The van der Waals surface area contributed by atoms with Crippen LogP contribution in [-0.4, -0.2) is 40.2 Å². The van der Waals surface area contributed by atoms with Crippen LogP contribution in [0.25, 0.3) is 10.9 Å². The number of methoxy groups -OCH3 is 2. The molecular weight excluding hydrogens is 338 g/mol. The number of benzene rings is 2. The molecular formula is C18H23N3O5. The van der Waals surface area contributed by atoms with E-state index in [0.717, 1.165) is 10.9 Å². The van der Waals surface area contributed by atoms with Crippen LogP contribution in [-0.2, 0) is 0 Å². The Morgan fingerprint density at radius 3 is 2.04 bits per heavy atom. The Balaban J connectivity index is 0.00000169. The first-order valence-corrected chi connectivity index (χ1v) is 7.47. The number of anilines is 2. The topological polar surface area (TPSA) is 140 Å². The number of fused-ring (bicyclic) bond motifs is 1. The molecule has 1 aromatic heterocycles. The number of nitrogens with one attached hydrogen (secondary N) is 1. The Hall–Kier alpha value is -3.10. The highest BCUT2D eigenvalue weighted by Crippen LogP contribution is 2.40. The molecule has 3 rings (SSSR count). The lowest BCUT2D eigenvalue weighted by atomic mass is 10.1. The van der Waals surface area contributed by atoms with Crippen molar-refractivity contribution < 1.29 is 25.5 Å². The first kappa shape index (κ1) is 20.9. The summed E-state index contributed by atoms with van der Waals surface area (Å²) in [5.41, 5.74) is 3.91. The molecule has 6 N–H and O–H groups in total. The Morgan fingerprint density at radius 1 is 0.885 bits per heavy atom. The van der Waals surface area contributed by atoms with Gasteiger partial charge in [0.25, 0.3) is 0 Å². The van der Waals surface area contributed by atoms with Gasteiger partial charge in [-0.3, -0.25) is 0 Å². The quantitative estimate of drug-likeness (QED) is 0.682. The van der Waals surface area contributed by atoms with Gasteiger partial charge < -0.3 is 30.8 Å². The predicted molar refractivity (Wildman–Crippen MR) is 101 cm³/mol. The van der Waals surface area contributed by atoms with Gasteiger partial charge in [0.15, 0.2) is 11.5 Å². The van der Waals surface area contributed by atoms with Crippen molar-refractivity contribution >= 4 is 22.4 Å². The van der Waals surface area contributed by atoms with E-state index in [2.05, 4.69) is 35.2 Å². The monoisotopic (exact) mass is 361 g/mol. The van der Waals surface area contributed by atoms with Crippen LogP contribution in [0.3, 0.4) is 0 Å². The van der Waals surface area contributed by atoms with Gasteiger partial charge in [-0.05, 0) is 37.1 Å². The summed E-state index contributed by atoms with van der Waals surface area (Å²) in [6, 6.07) is 7.47. The molecule has 0 aliphatic carbocycles. The van der Waals surface area contributed by atoms with Gasteiger partial charge >= 0.3 is 0 Å². The fourth-order valence-electron chi connectivity index (χ4n) is 2.52. The minimum absolute atomic E-state index is 0. The molecule has 0 atom stereocenters. The zero-order chi connectivity index (χ0) is 17.3. The van der Waals surface area contributed by atoms with Crippen LogP contribution in [0.15, 0.2) is 30.6 Å². The minimum Gasteiger partial charge on any atom is -0.502 e. The Kier molecular flexibility index (Phi) is 6.71. The van der Waals surface area contributed by atoms with Crippen LogP contribution in [0, 0.1) is 13.8 Å². The first-order chi connectivity index (χ1) is 11.5. The number of ether oxygens (including phenoxy) is 2. The molecule has 8 heteroatoms. The molecule has 0 amide bonds. The molecule has 8 nitrogen and oxygen atoms in total. The standard InChI is InChI=1S/C18H19N3O3.2H2O/c1-10-5-13-14(6-11(10)2)19-9-20-18(13)21-12-7-15(23-3)17(22)16(8-12)24-4;;/h5-9,22H,1-4H3,(H,19,20,21);2*1H2. The summed E-state index contributed by atoms with van der Waals surface area (Å²) >= 11 is 0. The third-order valence-electron chi connectivity index (χ3n) is 3.99. The summed E-state index contributed by atoms with van der Waals surface area (Å²) in [4.78, 5) is 8.67. The van der Waals surface area contributed by atoms with Crippen molar-refractivity contribution in [2.24, 2.45) is 0 Å². The van der Waals surface area contributed by atoms with Gasteiger partial charge in [0, 0.05) is 23.2 Å². The Morgan fingerprint density at radius 2 is 1.46 bits per heavy atom. The smallest absolute Gasteiger partial charge is 0.200 e. The molecule has 0 aliphatic rings. The van der Waals surface area contributed by atoms with Crippen molar-refractivity contribution in [2.45, 2.75) is 13.8 Å². The fourth-order valence-corrected chi connectivity index (χ4v) is 2.52. The molecule has 0 saturated carbocycles. The number of aromatic hydroxyl groups is 1. The molecule has 0 bridgehead atoms. The van der Waals surface area contributed by atoms with Crippen LogP contribution in [0.5, 0.6) is 17.2 Å². The van der Waals surface area contributed by atoms with Gasteiger partial charge in [0.1, 0.15) is 12.1 Å². The van der Waals surface area contributed by atoms with E-state index in [0.29, 0.717) is 23.0 Å². The van der Waals surface area contributed by atoms with Crippen molar-refractivity contribution in [1.29, 1.82) is 0 Å². The number of hydrogen-bond donors (Lipinski definition) is 2. The summed E-state index contributed by atoms with van der Waals surface area (Å²) in [6.45, 7) is 4.11. The molecule has 0 aliphatic heterocycles. The van der Waals surface area contributed by atoms with Crippen molar-refractivity contribution in [2.75, 3.05) is 19.5 Å². The average molecular weight is 361 g/mol. The summed E-state index contributed by atoms with van der Waals surface area (Å²) in [6.07, 6.45) is 1.52. The summed E-state index contributed by atoms with van der Waals surface area (Å²) < 4.78 is 10.4. The van der Waals surface area contributed by atoms with E-state index in [1.165, 1.54) is 31.7 Å². The Bertz CT molecular complexity index is 890. The lowest BCUT2D eigenvalue weighted by Gasteiger charge is -2.14. The number of phenolic OH excluding ortho intramolecular Hbond substituents is 1. The zero-order valence-electron chi connectivity index (χ0n) is 15.0. The third-order valence-corrected chi connectivity index (χ3v) is 3.99. The lowest BCUT2D eigenvalue weighted by Crippen LogP contribution is -1.98. The number of hydrogen-bond acceptors (Lipinski definition) is 6. The Labute approximate surface area is 151 Å². The molecule has 140 valence electrons. The summed E-state index contributed by atoms with van der Waals surface area (Å²) in [5.74, 6) is 1.28. The van der Waals surface area contributed by atoms with E-state index in [1.807, 2.05) is 6.07 Å². The predicted octanol–water partition coefficient (Wildman–Crippen LogP) is 2.06. The second kappa shape index (κ2) is 8.32. The van der Waals surface area contributed by atoms with E-state index in [9.17, 15) is 5.11 Å². The fraction of sp³-hybridized carbons (Fsp3) is 0.222. The van der Waals surface area contributed by atoms with Crippen LogP contribution in [0.2, 0.25) is 0 Å². The van der Waals surface area contributed by atoms with Crippen molar-refractivity contribution in [3.63, 3.8) is 0 Å². The number of aromatic nitrogens is 2. The van der Waals surface area contributed by atoms with Crippen molar-refractivity contribution in [1.82, 2.24) is 9.97 Å². The zero-order valence-corrected chi connectivity index (χ0v) is 15.0. The molecule has 2 aromatic carbocycles. The molecule has 0 spiro atoms. The molecule has 0 unspecified atom stereocenters. The minimum atomic E-state index is -0.0374. The van der Waals surface area contributed by atoms with Gasteiger partial charge in [0.2, 0.25) is 5.75 Å². The van der Waals surface area contributed by atoms with E-state index in [4.69, 9.17) is 9.47 Å². The maximum Gasteiger partial charge on any atom is 0.200 e. The highest BCUT2D eigenvalue weighted by molar-refractivity contribution is 5.91. The lowest BCUT2D eigenvalue weighted by molar-refractivity contribution is 0.340. The third kappa shape index (κ3) is 3.76. The number of phenols is 1. The molecule has 0 fully saturated rings. The van der Waals surface area contributed by atoms with E-state index in [-0.39, 0.29) is 16.7 Å². The number of nitrogens with zero attached hydrogens (tertiary/aromatic N) is 2. The van der Waals surface area contributed by atoms with Crippen LogP contribution in [0.1, 0.15) is 11.1 Å². The van der Waals surface area contributed by atoms with Crippen LogP contribution < -0.4 is 14.8 Å².